The van der Waals surface area contributed by atoms with Gasteiger partial charge < -0.3 is 14.8 Å². The number of aromatic nitrogens is 1. The second kappa shape index (κ2) is 8.60. The third-order valence-electron chi connectivity index (χ3n) is 3.98. The van der Waals surface area contributed by atoms with Gasteiger partial charge in [0.25, 0.3) is 5.91 Å². The monoisotopic (exact) mass is 341 g/mol. The lowest BCUT2D eigenvalue weighted by atomic mass is 10.2. The molecule has 132 valence electrons. The van der Waals surface area contributed by atoms with Crippen LogP contribution in [0, 0.1) is 0 Å². The Bertz CT molecular complexity index is 687. The van der Waals surface area contributed by atoms with Gasteiger partial charge in [0.2, 0.25) is 5.88 Å². The molecule has 2 aromatic rings. The molecule has 1 aliphatic heterocycles. The fourth-order valence-corrected chi connectivity index (χ4v) is 2.74. The number of nitrogens with one attached hydrogen (secondary N) is 1. The highest BCUT2D eigenvalue weighted by Crippen LogP contribution is 2.19. The van der Waals surface area contributed by atoms with Gasteiger partial charge in [0.05, 0.1) is 13.2 Å². The second-order valence-electron chi connectivity index (χ2n) is 6.09. The van der Waals surface area contributed by atoms with Gasteiger partial charge in [0.1, 0.15) is 5.75 Å². The molecule has 1 aromatic carbocycles. The Morgan fingerprint density at radius 3 is 2.80 bits per heavy atom. The summed E-state index contributed by atoms with van der Waals surface area (Å²) in [4.78, 5) is 18.9. The van der Waals surface area contributed by atoms with Crippen LogP contribution in [0.4, 0.5) is 0 Å². The average molecular weight is 341 g/mol. The molecule has 0 spiro atoms. The fourth-order valence-electron chi connectivity index (χ4n) is 2.74. The van der Waals surface area contributed by atoms with Crippen molar-refractivity contribution in [2.45, 2.75) is 13.0 Å². The molecule has 1 atom stereocenters. The quantitative estimate of drug-likeness (QED) is 0.874. The first-order valence-corrected chi connectivity index (χ1v) is 8.50. The maximum atomic E-state index is 12.5. The predicted molar refractivity (Wildman–Crippen MR) is 94.9 cm³/mol. The van der Waals surface area contributed by atoms with Gasteiger partial charge >= 0.3 is 0 Å². The number of hydrogen-bond acceptors (Lipinski definition) is 5. The van der Waals surface area contributed by atoms with Gasteiger partial charge in [-0.25, -0.2) is 4.98 Å². The molecule has 25 heavy (non-hydrogen) atoms. The molecule has 6 nitrogen and oxygen atoms in total. The molecule has 6 heteroatoms. The van der Waals surface area contributed by atoms with Crippen molar-refractivity contribution in [1.82, 2.24) is 15.2 Å². The van der Waals surface area contributed by atoms with Gasteiger partial charge in [-0.1, -0.05) is 18.2 Å². The van der Waals surface area contributed by atoms with E-state index in [-0.39, 0.29) is 11.9 Å². The van der Waals surface area contributed by atoms with E-state index in [1.54, 1.807) is 18.3 Å². The lowest BCUT2D eigenvalue weighted by Gasteiger charge is -2.29. The third kappa shape index (κ3) is 5.27. The standard InChI is InChI=1S/C19H23N3O3/c1-15(14-22-9-11-24-12-10-22)21-19(23)16-7-8-20-18(13-16)25-17-5-3-2-4-6-17/h2-8,13,15H,9-12,14H2,1H3,(H,21,23)/t15-/m0/s1. The van der Waals surface area contributed by atoms with E-state index in [4.69, 9.17) is 9.47 Å². The van der Waals surface area contributed by atoms with Crippen LogP contribution in [-0.2, 0) is 4.74 Å². The predicted octanol–water partition coefficient (Wildman–Crippen LogP) is 2.32. The molecule has 1 aliphatic rings. The minimum Gasteiger partial charge on any atom is -0.439 e. The number of carbonyl (C=O) groups is 1. The van der Waals surface area contributed by atoms with Gasteiger partial charge in [-0.2, -0.15) is 0 Å². The second-order valence-corrected chi connectivity index (χ2v) is 6.09. The van der Waals surface area contributed by atoms with Crippen molar-refractivity contribution in [3.8, 4) is 11.6 Å². The lowest BCUT2D eigenvalue weighted by molar-refractivity contribution is 0.0342. The first-order chi connectivity index (χ1) is 12.2. The molecule has 1 fully saturated rings. The normalized spacial score (nSPS) is 16.2. The molecular weight excluding hydrogens is 318 g/mol. The Hall–Kier alpha value is -2.44. The number of morpholine rings is 1. The van der Waals surface area contributed by atoms with Crippen molar-refractivity contribution in [3.05, 3.63) is 54.2 Å². The van der Waals surface area contributed by atoms with Crippen LogP contribution in [0.15, 0.2) is 48.7 Å². The summed E-state index contributed by atoms with van der Waals surface area (Å²) in [6, 6.07) is 12.8. The minimum atomic E-state index is -0.124. The number of ether oxygens (including phenoxy) is 2. The summed E-state index contributed by atoms with van der Waals surface area (Å²) >= 11 is 0. The molecule has 1 amide bonds. The summed E-state index contributed by atoms with van der Waals surface area (Å²) in [5.41, 5.74) is 0.537. The van der Waals surface area contributed by atoms with E-state index in [0.717, 1.165) is 32.8 Å². The molecule has 3 rings (SSSR count). The van der Waals surface area contributed by atoms with Gasteiger partial charge in [-0.3, -0.25) is 9.69 Å². The van der Waals surface area contributed by atoms with Crippen LogP contribution in [0.25, 0.3) is 0 Å². The van der Waals surface area contributed by atoms with Crippen molar-refractivity contribution in [3.63, 3.8) is 0 Å². The highest BCUT2D eigenvalue weighted by atomic mass is 16.5. The fraction of sp³-hybridized carbons (Fsp3) is 0.368. The van der Waals surface area contributed by atoms with E-state index < -0.39 is 0 Å². The van der Waals surface area contributed by atoms with Crippen molar-refractivity contribution >= 4 is 5.91 Å². The van der Waals surface area contributed by atoms with E-state index in [0.29, 0.717) is 17.2 Å². The first-order valence-electron chi connectivity index (χ1n) is 8.50. The van der Waals surface area contributed by atoms with E-state index in [1.807, 2.05) is 37.3 Å². The van der Waals surface area contributed by atoms with E-state index in [9.17, 15) is 4.79 Å². The summed E-state index contributed by atoms with van der Waals surface area (Å²) in [5, 5.41) is 3.03. The van der Waals surface area contributed by atoms with E-state index in [1.165, 1.54) is 0 Å². The van der Waals surface area contributed by atoms with Crippen LogP contribution >= 0.6 is 0 Å². The summed E-state index contributed by atoms with van der Waals surface area (Å²) in [5.74, 6) is 0.967. The molecule has 1 saturated heterocycles. The molecule has 0 unspecified atom stereocenters. The van der Waals surface area contributed by atoms with E-state index in [2.05, 4.69) is 15.2 Å². The Morgan fingerprint density at radius 2 is 2.04 bits per heavy atom. The summed E-state index contributed by atoms with van der Waals surface area (Å²) in [6.45, 7) is 6.15. The number of carbonyl (C=O) groups excluding carboxylic acids is 1. The smallest absolute Gasteiger partial charge is 0.251 e. The summed E-state index contributed by atoms with van der Waals surface area (Å²) in [6.07, 6.45) is 1.58. The molecule has 1 aromatic heterocycles. The molecule has 0 aliphatic carbocycles. The van der Waals surface area contributed by atoms with Gasteiger partial charge in [-0.15, -0.1) is 0 Å². The van der Waals surface area contributed by atoms with Crippen molar-refractivity contribution < 1.29 is 14.3 Å². The summed E-state index contributed by atoms with van der Waals surface area (Å²) < 4.78 is 11.0. The van der Waals surface area contributed by atoms with Crippen LogP contribution < -0.4 is 10.1 Å². The molecule has 0 radical (unpaired) electrons. The number of para-hydroxylation sites is 1. The zero-order chi connectivity index (χ0) is 17.5. The lowest BCUT2D eigenvalue weighted by Crippen LogP contribution is -2.46. The van der Waals surface area contributed by atoms with Crippen LogP contribution in [0.3, 0.4) is 0 Å². The SMILES string of the molecule is C[C@@H](CN1CCOCC1)NC(=O)c1ccnc(Oc2ccccc2)c1. The molecular formula is C19H23N3O3. The average Bonchev–Trinajstić information content (AvgIpc) is 2.63. The van der Waals surface area contributed by atoms with Crippen LogP contribution in [0.1, 0.15) is 17.3 Å². The number of amides is 1. The third-order valence-corrected chi connectivity index (χ3v) is 3.98. The highest BCUT2D eigenvalue weighted by Gasteiger charge is 2.16. The topological polar surface area (TPSA) is 63.7 Å². The maximum Gasteiger partial charge on any atom is 0.251 e. The molecule has 0 saturated carbocycles. The zero-order valence-corrected chi connectivity index (χ0v) is 14.4. The minimum absolute atomic E-state index is 0.0530. The molecule has 0 bridgehead atoms. The number of pyridine rings is 1. The van der Waals surface area contributed by atoms with Crippen molar-refractivity contribution in [2.75, 3.05) is 32.8 Å². The Morgan fingerprint density at radius 1 is 1.28 bits per heavy atom. The van der Waals surface area contributed by atoms with Gasteiger partial charge in [0.15, 0.2) is 0 Å². The number of benzene rings is 1. The zero-order valence-electron chi connectivity index (χ0n) is 14.4. The van der Waals surface area contributed by atoms with Crippen LogP contribution in [-0.4, -0.2) is 54.7 Å². The van der Waals surface area contributed by atoms with Gasteiger partial charge in [-0.05, 0) is 25.1 Å². The van der Waals surface area contributed by atoms with Crippen molar-refractivity contribution in [1.29, 1.82) is 0 Å². The Labute approximate surface area is 147 Å². The van der Waals surface area contributed by atoms with Gasteiger partial charge in [0, 0.05) is 43.5 Å². The number of nitrogens with zero attached hydrogens (tertiary/aromatic N) is 2. The first kappa shape index (κ1) is 17.4. The van der Waals surface area contributed by atoms with E-state index >= 15 is 0 Å². The number of hydrogen-bond donors (Lipinski definition) is 1. The van der Waals surface area contributed by atoms with Crippen LogP contribution in [0.5, 0.6) is 11.6 Å². The number of rotatable bonds is 6. The Kier molecular flexibility index (Phi) is 5.98. The molecule has 2 heterocycles. The highest BCUT2D eigenvalue weighted by molar-refractivity contribution is 5.94. The van der Waals surface area contributed by atoms with Crippen molar-refractivity contribution in [2.24, 2.45) is 0 Å². The molecule has 1 N–H and O–H groups in total. The van der Waals surface area contributed by atoms with Crippen LogP contribution in [0.2, 0.25) is 0 Å². The Balaban J connectivity index is 1.57. The summed E-state index contributed by atoms with van der Waals surface area (Å²) in [7, 11) is 0. The maximum absolute atomic E-state index is 12.5. The largest absolute Gasteiger partial charge is 0.439 e.